The van der Waals surface area contributed by atoms with Crippen LogP contribution in [-0.4, -0.2) is 11.9 Å². The average molecular weight is 436 g/mol. The van der Waals surface area contributed by atoms with E-state index in [9.17, 15) is 4.79 Å². The van der Waals surface area contributed by atoms with E-state index in [0.29, 0.717) is 23.5 Å². The molecule has 0 saturated heterocycles. The summed E-state index contributed by atoms with van der Waals surface area (Å²) in [7, 11) is 0. The van der Waals surface area contributed by atoms with Gasteiger partial charge in [-0.15, -0.1) is 0 Å². The predicted octanol–water partition coefficient (Wildman–Crippen LogP) is 6.93. The summed E-state index contributed by atoms with van der Waals surface area (Å²) in [4.78, 5) is 12.2. The average Bonchev–Trinajstić information content (AvgIpc) is 2.82. The number of benzene rings is 2. The number of nitriles is 1. The predicted molar refractivity (Wildman–Crippen MR) is 125 cm³/mol. The van der Waals surface area contributed by atoms with Crippen LogP contribution in [0, 0.1) is 11.3 Å². The molecule has 170 valence electrons. The second-order valence-electron chi connectivity index (χ2n) is 7.69. The number of unbranched alkanes of at least 4 members (excludes halogenated alkanes) is 7. The molecule has 1 unspecified atom stereocenters. The lowest BCUT2D eigenvalue weighted by Crippen LogP contribution is -2.46. The van der Waals surface area contributed by atoms with E-state index in [2.05, 4.69) is 19.6 Å². The Hall–Kier alpha value is -3.26. The first-order chi connectivity index (χ1) is 15.6. The Morgan fingerprint density at radius 2 is 1.47 bits per heavy atom. The fourth-order valence-corrected chi connectivity index (χ4v) is 3.33. The van der Waals surface area contributed by atoms with E-state index in [1.54, 1.807) is 36.4 Å². The first-order valence-corrected chi connectivity index (χ1v) is 11.4. The van der Waals surface area contributed by atoms with E-state index in [-0.39, 0.29) is 0 Å². The lowest BCUT2D eigenvalue weighted by atomic mass is 10.1. The van der Waals surface area contributed by atoms with Crippen molar-refractivity contribution < 1.29 is 19.0 Å². The second-order valence-corrected chi connectivity index (χ2v) is 7.69. The summed E-state index contributed by atoms with van der Waals surface area (Å²) in [6, 6.07) is 17.8. The van der Waals surface area contributed by atoms with E-state index >= 15 is 0 Å². The first-order valence-electron chi connectivity index (χ1n) is 11.4. The summed E-state index contributed by atoms with van der Waals surface area (Å²) >= 11 is 0. The fourth-order valence-electron chi connectivity index (χ4n) is 3.33. The monoisotopic (exact) mass is 435 g/mol. The van der Waals surface area contributed by atoms with Crippen LogP contribution in [0.25, 0.3) is 0 Å². The van der Waals surface area contributed by atoms with E-state index < -0.39 is 11.9 Å². The summed E-state index contributed by atoms with van der Waals surface area (Å²) in [6.45, 7) is 5.72. The molecule has 0 N–H and O–H groups in total. The molecule has 5 nitrogen and oxygen atoms in total. The van der Waals surface area contributed by atoms with Gasteiger partial charge in [-0.05, 0) is 42.8 Å². The molecule has 0 aromatic heterocycles. The molecule has 0 aliphatic heterocycles. The highest BCUT2D eigenvalue weighted by molar-refractivity contribution is 5.81. The van der Waals surface area contributed by atoms with Gasteiger partial charge in [-0.25, -0.2) is 4.79 Å². The minimum Gasteiger partial charge on any atom is -0.421 e. The molecule has 0 fully saturated rings. The molecular weight excluding hydrogens is 402 g/mol. The van der Waals surface area contributed by atoms with Crippen molar-refractivity contribution in [2.45, 2.75) is 70.7 Å². The van der Waals surface area contributed by atoms with Crippen molar-refractivity contribution in [3.8, 4) is 17.6 Å². The third kappa shape index (κ3) is 8.85. The number of ether oxygens (including phenoxy) is 3. The number of para-hydroxylation sites is 1. The Morgan fingerprint density at radius 1 is 0.906 bits per heavy atom. The molecule has 2 rings (SSSR count). The maximum atomic E-state index is 12.2. The fraction of sp³-hybridized carbons (Fsp3) is 0.407. The molecule has 0 bridgehead atoms. The Labute approximate surface area is 191 Å². The van der Waals surface area contributed by atoms with Crippen molar-refractivity contribution in [1.29, 1.82) is 5.26 Å². The van der Waals surface area contributed by atoms with Crippen molar-refractivity contribution in [2.24, 2.45) is 0 Å². The number of rotatable bonds is 15. The van der Waals surface area contributed by atoms with Gasteiger partial charge in [0.25, 0.3) is 0 Å². The quantitative estimate of drug-likeness (QED) is 0.131. The second kappa shape index (κ2) is 13.9. The molecule has 5 heteroatoms. The minimum absolute atomic E-state index is 0.358. The molecule has 1 atom stereocenters. The largest absolute Gasteiger partial charge is 0.421 e. The van der Waals surface area contributed by atoms with Crippen molar-refractivity contribution in [2.75, 3.05) is 0 Å². The molecule has 32 heavy (non-hydrogen) atoms. The van der Waals surface area contributed by atoms with Crippen LogP contribution < -0.4 is 9.47 Å². The summed E-state index contributed by atoms with van der Waals surface area (Å²) in [5.74, 6) is -1.30. The van der Waals surface area contributed by atoms with Gasteiger partial charge in [-0.3, -0.25) is 0 Å². The van der Waals surface area contributed by atoms with E-state index in [4.69, 9.17) is 19.5 Å². The SMILES string of the molecule is C=CC(=O)OC(CCCCCCCCCC)(Oc1ccccc1)Oc1ccc(C#N)cc1. The maximum Gasteiger partial charge on any atom is 0.419 e. The number of carbonyl (C=O) groups excluding carboxylic acids is 1. The normalized spacial score (nSPS) is 12.2. The van der Waals surface area contributed by atoms with Crippen LogP contribution in [0.4, 0.5) is 0 Å². The van der Waals surface area contributed by atoms with Gasteiger partial charge >= 0.3 is 11.9 Å². The smallest absolute Gasteiger partial charge is 0.419 e. The Balaban J connectivity index is 2.14. The summed E-state index contributed by atoms with van der Waals surface area (Å²) in [5.41, 5.74) is 0.512. The zero-order valence-corrected chi connectivity index (χ0v) is 18.9. The number of esters is 1. The van der Waals surface area contributed by atoms with Crippen molar-refractivity contribution in [3.63, 3.8) is 0 Å². The van der Waals surface area contributed by atoms with Gasteiger partial charge in [-0.1, -0.05) is 76.6 Å². The lowest BCUT2D eigenvalue weighted by molar-refractivity contribution is -0.286. The number of carbonyl (C=O) groups is 1. The topological polar surface area (TPSA) is 68.6 Å². The van der Waals surface area contributed by atoms with Crippen LogP contribution in [0.3, 0.4) is 0 Å². The molecule has 0 radical (unpaired) electrons. The summed E-state index contributed by atoms with van der Waals surface area (Å²) in [5, 5.41) is 9.05. The zero-order valence-electron chi connectivity index (χ0n) is 18.9. The number of hydrogen-bond donors (Lipinski definition) is 0. The highest BCUT2D eigenvalue weighted by Crippen LogP contribution is 2.30. The van der Waals surface area contributed by atoms with Crippen molar-refractivity contribution in [1.82, 2.24) is 0 Å². The summed E-state index contributed by atoms with van der Waals surface area (Å²) in [6.07, 6.45) is 10.5. The van der Waals surface area contributed by atoms with Gasteiger partial charge < -0.3 is 14.2 Å². The third-order valence-corrected chi connectivity index (χ3v) is 5.03. The minimum atomic E-state index is -1.64. The van der Waals surface area contributed by atoms with Gasteiger partial charge in [0.1, 0.15) is 11.5 Å². The van der Waals surface area contributed by atoms with Crippen LogP contribution in [0.5, 0.6) is 11.5 Å². The Morgan fingerprint density at radius 3 is 2.03 bits per heavy atom. The van der Waals surface area contributed by atoms with E-state index in [0.717, 1.165) is 25.3 Å². The van der Waals surface area contributed by atoms with Crippen LogP contribution in [0.15, 0.2) is 67.3 Å². The van der Waals surface area contributed by atoms with Gasteiger partial charge in [0.05, 0.1) is 18.1 Å². The molecule has 0 spiro atoms. The van der Waals surface area contributed by atoms with Gasteiger partial charge in [0.15, 0.2) is 0 Å². The van der Waals surface area contributed by atoms with Crippen LogP contribution in [0.2, 0.25) is 0 Å². The Kier molecular flexibility index (Phi) is 10.9. The van der Waals surface area contributed by atoms with Gasteiger partial charge in [0, 0.05) is 6.08 Å². The summed E-state index contributed by atoms with van der Waals surface area (Å²) < 4.78 is 17.9. The Bertz CT molecular complexity index is 857. The molecule has 0 aliphatic rings. The van der Waals surface area contributed by atoms with Gasteiger partial charge in [-0.2, -0.15) is 5.26 Å². The molecule has 0 aliphatic carbocycles. The van der Waals surface area contributed by atoms with Crippen molar-refractivity contribution in [3.05, 3.63) is 72.8 Å². The van der Waals surface area contributed by atoms with Crippen LogP contribution in [0.1, 0.15) is 70.3 Å². The highest BCUT2D eigenvalue weighted by Gasteiger charge is 2.39. The van der Waals surface area contributed by atoms with Gasteiger partial charge in [0.2, 0.25) is 0 Å². The zero-order chi connectivity index (χ0) is 23.1. The number of hydrogen-bond acceptors (Lipinski definition) is 5. The lowest BCUT2D eigenvalue weighted by Gasteiger charge is -2.33. The molecule has 0 saturated carbocycles. The van der Waals surface area contributed by atoms with Crippen molar-refractivity contribution >= 4 is 5.97 Å². The van der Waals surface area contributed by atoms with E-state index in [1.807, 2.05) is 18.2 Å². The van der Waals surface area contributed by atoms with E-state index in [1.165, 1.54) is 32.1 Å². The van der Waals surface area contributed by atoms with Crippen LogP contribution in [-0.2, 0) is 9.53 Å². The number of nitrogens with zero attached hydrogens (tertiary/aromatic N) is 1. The standard InChI is InChI=1S/C27H33NO4/c1-3-5-6-7-8-9-10-14-21-27(32-26(29)4-2,30-24-15-12-11-13-16-24)31-25-19-17-23(22-28)18-20-25/h4,11-13,15-20H,2-3,5-10,14,21H2,1H3. The van der Waals surface area contributed by atoms with Crippen LogP contribution >= 0.6 is 0 Å². The highest BCUT2D eigenvalue weighted by atomic mass is 16.9. The molecule has 2 aromatic carbocycles. The molecule has 0 heterocycles. The maximum absolute atomic E-state index is 12.2. The molecule has 2 aromatic rings. The first kappa shape index (κ1) is 25.0. The molecular formula is C27H33NO4. The third-order valence-electron chi connectivity index (χ3n) is 5.03. The molecule has 0 amide bonds.